The molecule has 0 radical (unpaired) electrons. The maximum absolute atomic E-state index is 13.4. The van der Waals surface area contributed by atoms with Gasteiger partial charge in [-0.3, -0.25) is 19.8 Å². The summed E-state index contributed by atoms with van der Waals surface area (Å²) in [5, 5.41) is 2.81. The van der Waals surface area contributed by atoms with Crippen LogP contribution in [0.2, 0.25) is 5.02 Å². The van der Waals surface area contributed by atoms with Gasteiger partial charge in [-0.2, -0.15) is 0 Å². The van der Waals surface area contributed by atoms with Crippen molar-refractivity contribution in [3.63, 3.8) is 0 Å². The summed E-state index contributed by atoms with van der Waals surface area (Å²) in [5.74, 6) is 0.284. The van der Waals surface area contributed by atoms with Crippen molar-refractivity contribution in [1.82, 2.24) is 10.2 Å². The molecular formula is C30H28BrClN2O7. The quantitative estimate of drug-likeness (QED) is 0.198. The number of urea groups is 1. The summed E-state index contributed by atoms with van der Waals surface area (Å²) in [6.45, 7) is 2.63. The molecule has 1 heterocycles. The molecule has 11 heteroatoms. The number of hydrogen-bond donors (Lipinski definition) is 1. The molecule has 1 aliphatic heterocycles. The van der Waals surface area contributed by atoms with E-state index in [1.807, 2.05) is 25.1 Å². The molecule has 41 heavy (non-hydrogen) atoms. The Balaban J connectivity index is 1.57. The number of carbonyl (C=O) groups excluding carboxylic acids is 3. The Morgan fingerprint density at radius 2 is 1.71 bits per heavy atom. The molecule has 4 amide bonds. The van der Waals surface area contributed by atoms with Gasteiger partial charge in [-0.1, -0.05) is 42.8 Å². The van der Waals surface area contributed by atoms with E-state index in [1.54, 1.807) is 36.4 Å². The molecule has 1 fully saturated rings. The maximum atomic E-state index is 13.4. The molecular weight excluding hydrogens is 616 g/mol. The fraction of sp³-hybridized carbons (Fsp3) is 0.233. The van der Waals surface area contributed by atoms with Crippen molar-refractivity contribution in [2.45, 2.75) is 26.5 Å². The summed E-state index contributed by atoms with van der Waals surface area (Å²) in [7, 11) is 2.99. The van der Waals surface area contributed by atoms with Gasteiger partial charge in [0.25, 0.3) is 11.8 Å². The van der Waals surface area contributed by atoms with E-state index in [1.165, 1.54) is 20.3 Å². The van der Waals surface area contributed by atoms with Gasteiger partial charge in [-0.05, 0) is 69.9 Å². The molecule has 1 saturated heterocycles. The number of hydrogen-bond acceptors (Lipinski definition) is 7. The average Bonchev–Trinajstić information content (AvgIpc) is 2.96. The Kier molecular flexibility index (Phi) is 9.91. The number of carbonyl (C=O) groups is 3. The lowest BCUT2D eigenvalue weighted by Gasteiger charge is -2.26. The van der Waals surface area contributed by atoms with Gasteiger partial charge in [0.05, 0.1) is 31.8 Å². The molecule has 0 aliphatic carbocycles. The molecule has 3 aromatic rings. The topological polar surface area (TPSA) is 103 Å². The normalized spacial score (nSPS) is 14.2. The van der Waals surface area contributed by atoms with Crippen molar-refractivity contribution in [3.8, 4) is 23.0 Å². The Labute approximate surface area is 251 Å². The van der Waals surface area contributed by atoms with Crippen LogP contribution in [0.4, 0.5) is 4.79 Å². The molecule has 0 bridgehead atoms. The standard InChI is InChI=1S/C30H28BrClN2O7/c1-4-11-40-24-10-9-18(14-25(24)38-2)16-34-29(36)21(28(35)33-30(34)37)12-19-13-22(31)27(26(15-19)39-3)41-17-20-7-5-6-8-23(20)32/h5-10,12-15H,4,11,16-17H2,1-3H3,(H,33,35,37)/b21-12+. The Morgan fingerprint density at radius 1 is 0.951 bits per heavy atom. The van der Waals surface area contributed by atoms with Crippen molar-refractivity contribution in [2.24, 2.45) is 0 Å². The average molecular weight is 644 g/mol. The van der Waals surface area contributed by atoms with Crippen molar-refractivity contribution < 1.29 is 33.3 Å². The predicted octanol–water partition coefficient (Wildman–Crippen LogP) is 6.15. The van der Waals surface area contributed by atoms with Gasteiger partial charge in [0, 0.05) is 10.6 Å². The number of nitrogens with one attached hydrogen (secondary N) is 1. The third-order valence-electron chi connectivity index (χ3n) is 6.11. The van der Waals surface area contributed by atoms with Gasteiger partial charge in [0.2, 0.25) is 0 Å². The van der Waals surface area contributed by atoms with E-state index in [0.29, 0.717) is 50.2 Å². The minimum atomic E-state index is -0.815. The predicted molar refractivity (Wildman–Crippen MR) is 157 cm³/mol. The summed E-state index contributed by atoms with van der Waals surface area (Å²) in [4.78, 5) is 39.6. The van der Waals surface area contributed by atoms with Crippen LogP contribution in [0.25, 0.3) is 6.08 Å². The summed E-state index contributed by atoms with van der Waals surface area (Å²) in [5.41, 5.74) is 1.68. The summed E-state index contributed by atoms with van der Waals surface area (Å²) < 4.78 is 23.1. The second kappa shape index (κ2) is 13.6. The Morgan fingerprint density at radius 3 is 2.41 bits per heavy atom. The number of methoxy groups -OCH3 is 2. The fourth-order valence-electron chi connectivity index (χ4n) is 4.06. The molecule has 0 spiro atoms. The number of rotatable bonds is 11. The minimum absolute atomic E-state index is 0.0818. The first-order valence-electron chi connectivity index (χ1n) is 12.7. The lowest BCUT2D eigenvalue weighted by molar-refractivity contribution is -0.130. The smallest absolute Gasteiger partial charge is 0.331 e. The van der Waals surface area contributed by atoms with E-state index in [9.17, 15) is 14.4 Å². The second-order valence-corrected chi connectivity index (χ2v) is 10.2. The van der Waals surface area contributed by atoms with Crippen molar-refractivity contribution in [1.29, 1.82) is 0 Å². The van der Waals surface area contributed by atoms with Crippen molar-refractivity contribution in [3.05, 3.63) is 86.4 Å². The molecule has 9 nitrogen and oxygen atoms in total. The molecule has 1 N–H and O–H groups in total. The van der Waals surface area contributed by atoms with Gasteiger partial charge >= 0.3 is 6.03 Å². The number of ether oxygens (including phenoxy) is 4. The number of amides is 4. The largest absolute Gasteiger partial charge is 0.493 e. The first kappa shape index (κ1) is 30.0. The molecule has 1 aliphatic rings. The maximum Gasteiger partial charge on any atom is 0.331 e. The summed E-state index contributed by atoms with van der Waals surface area (Å²) in [6, 6.07) is 15.0. The second-order valence-electron chi connectivity index (χ2n) is 8.96. The van der Waals surface area contributed by atoms with E-state index in [4.69, 9.17) is 30.5 Å². The Bertz CT molecular complexity index is 1510. The third-order valence-corrected chi connectivity index (χ3v) is 7.07. The molecule has 4 rings (SSSR count). The van der Waals surface area contributed by atoms with E-state index >= 15 is 0 Å². The van der Waals surface area contributed by atoms with Gasteiger partial charge in [0.1, 0.15) is 12.2 Å². The monoisotopic (exact) mass is 642 g/mol. The Hall–Kier alpha value is -4.02. The summed E-state index contributed by atoms with van der Waals surface area (Å²) >= 11 is 9.73. The van der Waals surface area contributed by atoms with Gasteiger partial charge < -0.3 is 18.9 Å². The zero-order valence-electron chi connectivity index (χ0n) is 22.7. The number of nitrogens with zero attached hydrogens (tertiary/aromatic N) is 1. The first-order valence-corrected chi connectivity index (χ1v) is 13.8. The van der Waals surface area contributed by atoms with E-state index in [0.717, 1.165) is 16.9 Å². The molecule has 0 saturated carbocycles. The SMILES string of the molecule is CCCOc1ccc(CN2C(=O)NC(=O)/C(=C\c3cc(Br)c(OCc4ccccc4Cl)c(OC)c3)C2=O)cc1OC. The van der Waals surface area contributed by atoms with E-state index in [-0.39, 0.29) is 18.7 Å². The highest BCUT2D eigenvalue weighted by atomic mass is 79.9. The van der Waals surface area contributed by atoms with Crippen LogP contribution in [0.1, 0.15) is 30.0 Å². The minimum Gasteiger partial charge on any atom is -0.493 e. The first-order chi connectivity index (χ1) is 19.7. The number of imide groups is 2. The molecule has 214 valence electrons. The van der Waals surface area contributed by atoms with Gasteiger partial charge in [-0.25, -0.2) is 4.79 Å². The van der Waals surface area contributed by atoms with Crippen LogP contribution in [0.15, 0.2) is 64.6 Å². The van der Waals surface area contributed by atoms with Crippen LogP contribution in [-0.2, 0) is 22.7 Å². The fourth-order valence-corrected chi connectivity index (χ4v) is 4.82. The van der Waals surface area contributed by atoms with E-state index in [2.05, 4.69) is 21.2 Å². The van der Waals surface area contributed by atoms with Crippen molar-refractivity contribution in [2.75, 3.05) is 20.8 Å². The van der Waals surface area contributed by atoms with Gasteiger partial charge in [-0.15, -0.1) is 0 Å². The highest BCUT2D eigenvalue weighted by Crippen LogP contribution is 2.38. The van der Waals surface area contributed by atoms with Crippen LogP contribution in [0.3, 0.4) is 0 Å². The lowest BCUT2D eigenvalue weighted by Crippen LogP contribution is -2.53. The number of halogens is 2. The van der Waals surface area contributed by atoms with Crippen molar-refractivity contribution >= 4 is 51.5 Å². The van der Waals surface area contributed by atoms with E-state index < -0.39 is 17.8 Å². The molecule has 3 aromatic carbocycles. The molecule has 0 unspecified atom stereocenters. The van der Waals surface area contributed by atoms with Crippen LogP contribution in [-0.4, -0.2) is 43.6 Å². The highest BCUT2D eigenvalue weighted by molar-refractivity contribution is 9.10. The van der Waals surface area contributed by atoms with Crippen LogP contribution in [0, 0.1) is 0 Å². The zero-order chi connectivity index (χ0) is 29.5. The molecule has 0 atom stereocenters. The van der Waals surface area contributed by atoms with Crippen LogP contribution < -0.4 is 24.3 Å². The zero-order valence-corrected chi connectivity index (χ0v) is 25.0. The van der Waals surface area contributed by atoms with Crippen LogP contribution >= 0.6 is 27.5 Å². The molecule has 0 aromatic heterocycles. The summed E-state index contributed by atoms with van der Waals surface area (Å²) in [6.07, 6.45) is 2.22. The highest BCUT2D eigenvalue weighted by Gasteiger charge is 2.36. The lowest BCUT2D eigenvalue weighted by atomic mass is 10.1. The number of benzene rings is 3. The third kappa shape index (κ3) is 7.01. The van der Waals surface area contributed by atoms with Gasteiger partial charge in [0.15, 0.2) is 23.0 Å². The number of barbiturate groups is 1. The van der Waals surface area contributed by atoms with Crippen LogP contribution in [0.5, 0.6) is 23.0 Å².